The molecule has 9 unspecified atom stereocenters. The smallest absolute Gasteiger partial charge is 0.116 e. The fourth-order valence-corrected chi connectivity index (χ4v) is 17.3. The van der Waals surface area contributed by atoms with Crippen molar-refractivity contribution < 1.29 is 5.11 Å². The first-order chi connectivity index (χ1) is 32.2. The third-order valence-corrected chi connectivity index (χ3v) is 19.8. The van der Waals surface area contributed by atoms with E-state index >= 15 is 0 Å². The van der Waals surface area contributed by atoms with Gasteiger partial charge in [-0.05, 0) is 166 Å². The van der Waals surface area contributed by atoms with E-state index in [1.54, 1.807) is 28.6 Å². The third-order valence-electron chi connectivity index (χ3n) is 19.8. The largest absolute Gasteiger partial charge is 0.508 e. The maximum Gasteiger partial charge on any atom is 0.116 e. The standard InChI is InChI=1S/2C20H26N2.C19H24N2O.2ClH/c2*1-3-14-9-13-10-17-19-15(6-7-22(11-13)20(14)17)16-8-12(2)4-5-18(16)21-19;1-2-12-7-11-8-16-18-14(5-6-21(10-11)19(12)16)15-9-13(22)3-4-17(15)20-18;;/h2*4-5,8,13-14,17,20-21H,3,6-7,9-11H2,1-2H3;3-4,9,11-12,16,19-20,22H,2,5-8,10H2,1H3;2*1H/t2*13-,14?,17-,20?;11-,12?,16-,19?;;/m000../s1. The van der Waals surface area contributed by atoms with Gasteiger partial charge in [-0.3, -0.25) is 14.7 Å². The van der Waals surface area contributed by atoms with E-state index in [2.05, 4.69) is 101 Å². The molecular formula is C59H78Cl2N6O. The molecule has 68 heavy (non-hydrogen) atoms. The highest BCUT2D eigenvalue weighted by Crippen LogP contribution is 2.54. The predicted molar refractivity (Wildman–Crippen MR) is 285 cm³/mol. The van der Waals surface area contributed by atoms with Gasteiger partial charge in [-0.1, -0.05) is 63.3 Å². The fraction of sp³-hybridized carbons (Fsp3) is 0.593. The predicted octanol–water partition coefficient (Wildman–Crippen LogP) is 13.0. The van der Waals surface area contributed by atoms with E-state index in [1.807, 2.05) is 12.1 Å². The van der Waals surface area contributed by atoms with Crippen molar-refractivity contribution in [2.24, 2.45) is 35.5 Å². The number of nitrogens with one attached hydrogen (secondary N) is 3. The number of hydrogen-bond donors (Lipinski definition) is 4. The summed E-state index contributed by atoms with van der Waals surface area (Å²) in [4.78, 5) is 19.9. The van der Waals surface area contributed by atoms with Crippen LogP contribution < -0.4 is 0 Å². The number of phenolic OH excluding ortho intramolecular Hbond substituents is 1. The molecule has 364 valence electrons. The number of halogens is 2. The molecule has 3 aromatic heterocycles. The van der Waals surface area contributed by atoms with Crippen molar-refractivity contribution in [2.45, 2.75) is 148 Å². The van der Waals surface area contributed by atoms with E-state index in [0.717, 1.165) is 71.9 Å². The van der Waals surface area contributed by atoms with E-state index < -0.39 is 0 Å². The number of nitrogens with zero attached hydrogens (tertiary/aromatic N) is 3. The molecule has 9 fully saturated rings. The van der Waals surface area contributed by atoms with Crippen molar-refractivity contribution in [3.8, 4) is 5.75 Å². The summed E-state index contributed by atoms with van der Waals surface area (Å²) < 4.78 is 0. The fourth-order valence-electron chi connectivity index (χ4n) is 17.3. The lowest BCUT2D eigenvalue weighted by molar-refractivity contribution is -0.0134. The average molecular weight is 958 g/mol. The molecule has 12 bridgehead atoms. The molecule has 4 N–H and O–H groups in total. The maximum absolute atomic E-state index is 9.87. The van der Waals surface area contributed by atoms with Crippen LogP contribution in [0.15, 0.2) is 54.6 Å². The highest BCUT2D eigenvalue weighted by molar-refractivity contribution is 5.88. The summed E-state index contributed by atoms with van der Waals surface area (Å²) in [6.45, 7) is 19.3. The molecule has 0 spiro atoms. The number of benzene rings is 3. The molecule has 0 amide bonds. The summed E-state index contributed by atoms with van der Waals surface area (Å²) in [5.41, 5.74) is 16.1. The van der Waals surface area contributed by atoms with Crippen LogP contribution in [-0.2, 0) is 19.3 Å². The van der Waals surface area contributed by atoms with Crippen LogP contribution in [-0.4, -0.2) is 92.2 Å². The van der Waals surface area contributed by atoms with Gasteiger partial charge in [0.2, 0.25) is 0 Å². The Morgan fingerprint density at radius 1 is 0.471 bits per heavy atom. The minimum Gasteiger partial charge on any atom is -0.508 e. The normalized spacial score (nSPS) is 35.3. The second kappa shape index (κ2) is 18.3. The summed E-state index contributed by atoms with van der Waals surface area (Å²) in [6, 6.07) is 22.0. The Bertz CT molecular complexity index is 2510. The Kier molecular flexibility index (Phi) is 12.6. The van der Waals surface area contributed by atoms with Crippen molar-refractivity contribution in [3.05, 3.63) is 99.5 Å². The lowest BCUT2D eigenvalue weighted by atomic mass is 9.65. The second-order valence-electron chi connectivity index (χ2n) is 23.4. The van der Waals surface area contributed by atoms with Crippen LogP contribution in [0.1, 0.15) is 141 Å². The molecule has 6 saturated heterocycles. The molecule has 6 aromatic rings. The number of fused-ring (bicyclic) bond motifs is 12. The topological polar surface area (TPSA) is 77.3 Å². The number of aromatic nitrogens is 3. The first kappa shape index (κ1) is 46.9. The molecule has 0 radical (unpaired) electrons. The summed E-state index contributed by atoms with van der Waals surface area (Å²) in [5.74, 6) is 7.99. The SMILES string of the molecule is CCC1C[C@H]2C[C@H]3c4[nH]c5ccc(C)cc5c4CCN(C2)C13.CCC1C[C@H]2C[C@H]3c4[nH]c5ccc(C)cc5c4CCN(C2)C13.CCC1C[C@H]2C[C@H]3c4[nH]c5ccc(O)cc5c4CCN(C2)C13.Cl.Cl. The van der Waals surface area contributed by atoms with Crippen LogP contribution >= 0.6 is 24.8 Å². The van der Waals surface area contributed by atoms with Crippen LogP contribution in [0.25, 0.3) is 32.7 Å². The number of aromatic amines is 3. The van der Waals surface area contributed by atoms with Gasteiger partial charge in [0.05, 0.1) is 0 Å². The Labute approximate surface area is 417 Å². The van der Waals surface area contributed by atoms with E-state index in [9.17, 15) is 5.11 Å². The highest BCUT2D eigenvalue weighted by Gasteiger charge is 2.51. The molecule has 9 heteroatoms. The molecule has 7 nitrogen and oxygen atoms in total. The lowest BCUT2D eigenvalue weighted by Crippen LogP contribution is -2.56. The molecule has 15 atom stereocenters. The van der Waals surface area contributed by atoms with E-state index in [4.69, 9.17) is 0 Å². The first-order valence-electron chi connectivity index (χ1n) is 27.0. The van der Waals surface area contributed by atoms with Crippen molar-refractivity contribution in [2.75, 3.05) is 39.3 Å². The van der Waals surface area contributed by atoms with Crippen molar-refractivity contribution >= 4 is 57.5 Å². The van der Waals surface area contributed by atoms with E-state index in [1.165, 1.54) is 165 Å². The quantitative estimate of drug-likeness (QED) is 0.143. The van der Waals surface area contributed by atoms with Crippen LogP contribution in [0.5, 0.6) is 5.75 Å². The third kappa shape index (κ3) is 7.60. The summed E-state index contributed by atoms with van der Waals surface area (Å²) in [6.07, 6.45) is 16.2. The Morgan fingerprint density at radius 2 is 0.809 bits per heavy atom. The zero-order valence-electron chi connectivity index (χ0n) is 41.5. The van der Waals surface area contributed by atoms with Crippen LogP contribution in [0.4, 0.5) is 0 Å². The van der Waals surface area contributed by atoms with Crippen LogP contribution in [0, 0.1) is 49.4 Å². The minimum absolute atomic E-state index is 0. The van der Waals surface area contributed by atoms with Gasteiger partial charge in [-0.2, -0.15) is 0 Å². The van der Waals surface area contributed by atoms with E-state index in [-0.39, 0.29) is 24.8 Å². The molecule has 3 aliphatic carbocycles. The number of rotatable bonds is 3. The van der Waals surface area contributed by atoms with Crippen molar-refractivity contribution in [3.63, 3.8) is 0 Å². The zero-order valence-corrected chi connectivity index (χ0v) is 43.1. The maximum atomic E-state index is 9.87. The van der Waals surface area contributed by atoms with Gasteiger partial charge in [-0.25, -0.2) is 0 Å². The highest BCUT2D eigenvalue weighted by atomic mass is 35.5. The van der Waals surface area contributed by atoms with Gasteiger partial charge in [0.15, 0.2) is 0 Å². The van der Waals surface area contributed by atoms with Crippen LogP contribution in [0.2, 0.25) is 0 Å². The van der Waals surface area contributed by atoms with E-state index in [0.29, 0.717) is 11.7 Å². The Hall–Kier alpha value is -3.46. The minimum atomic E-state index is 0. The first-order valence-corrected chi connectivity index (χ1v) is 27.0. The average Bonchev–Trinajstić information content (AvgIpc) is 3.95. The van der Waals surface area contributed by atoms with Gasteiger partial charge >= 0.3 is 0 Å². The van der Waals surface area contributed by atoms with Crippen molar-refractivity contribution in [1.82, 2.24) is 29.7 Å². The Morgan fingerprint density at radius 3 is 1.16 bits per heavy atom. The number of piperidine rings is 6. The molecule has 9 aliphatic heterocycles. The number of aromatic hydroxyl groups is 1. The van der Waals surface area contributed by atoms with Gasteiger partial charge in [-0.15, -0.1) is 24.8 Å². The number of phenols is 1. The lowest BCUT2D eigenvalue weighted by Gasteiger charge is -2.53. The molecule has 12 heterocycles. The molecule has 3 saturated carbocycles. The number of hydrogen-bond acceptors (Lipinski definition) is 4. The summed E-state index contributed by atoms with van der Waals surface area (Å²) in [5, 5.41) is 14.1. The summed E-state index contributed by atoms with van der Waals surface area (Å²) in [7, 11) is 0. The summed E-state index contributed by atoms with van der Waals surface area (Å²) >= 11 is 0. The molecular weight excluding hydrogens is 880 g/mol. The van der Waals surface area contributed by atoms with Crippen LogP contribution in [0.3, 0.4) is 0 Å². The zero-order chi connectivity index (χ0) is 44.5. The molecule has 12 aliphatic rings. The van der Waals surface area contributed by atoms with Gasteiger partial charge < -0.3 is 20.1 Å². The number of aryl methyl sites for hydroxylation is 2. The number of H-pyrrole nitrogens is 3. The monoisotopic (exact) mass is 957 g/mol. The van der Waals surface area contributed by atoms with Gasteiger partial charge in [0.1, 0.15) is 5.75 Å². The van der Waals surface area contributed by atoms with Gasteiger partial charge in [0.25, 0.3) is 0 Å². The Balaban J connectivity index is 0.000000110. The van der Waals surface area contributed by atoms with Crippen molar-refractivity contribution in [1.29, 1.82) is 0 Å². The molecule has 18 rings (SSSR count). The van der Waals surface area contributed by atoms with Gasteiger partial charge in [0, 0.05) is 125 Å². The molecule has 3 aromatic carbocycles. The second-order valence-corrected chi connectivity index (χ2v) is 23.4.